The Morgan fingerprint density at radius 1 is 0.938 bits per heavy atom. The number of hydrogen-bond acceptors (Lipinski definition) is 2. The molecule has 0 aliphatic heterocycles. The molecule has 0 aromatic heterocycles. The van der Waals surface area contributed by atoms with Crippen LogP contribution in [-0.4, -0.2) is 13.7 Å². The Bertz CT molecular complexity index is 250. The minimum atomic E-state index is -3.31. The molecule has 1 unspecified atom stereocenters. The van der Waals surface area contributed by atoms with E-state index in [1.165, 1.54) is 38.5 Å². The predicted octanol–water partition coefficient (Wildman–Crippen LogP) is 3.19. The van der Waals surface area contributed by atoms with E-state index in [9.17, 15) is 8.42 Å². The van der Waals surface area contributed by atoms with Crippen LogP contribution < -0.4 is 5.14 Å². The van der Waals surface area contributed by atoms with E-state index in [4.69, 9.17) is 5.14 Å². The van der Waals surface area contributed by atoms with Gasteiger partial charge >= 0.3 is 0 Å². The molecule has 0 aliphatic carbocycles. The molecule has 0 rings (SSSR count). The van der Waals surface area contributed by atoms with Gasteiger partial charge in [0.05, 0.1) is 5.25 Å². The molecular formula is C12H27NO2S. The van der Waals surface area contributed by atoms with E-state index in [1.807, 2.05) is 0 Å². The summed E-state index contributed by atoms with van der Waals surface area (Å²) in [6.07, 6.45) is 10.6. The average Bonchev–Trinajstić information content (AvgIpc) is 2.20. The summed E-state index contributed by atoms with van der Waals surface area (Å²) < 4.78 is 21.9. The van der Waals surface area contributed by atoms with E-state index in [2.05, 4.69) is 6.92 Å². The standard InChI is InChI=1S/C12H27NO2S/c1-3-4-5-6-7-8-9-10-11-12(2)16(13,14)15/h12H,3-11H2,1-2H3,(H2,13,14,15). The zero-order chi connectivity index (χ0) is 12.4. The van der Waals surface area contributed by atoms with E-state index in [-0.39, 0.29) is 5.25 Å². The second-order valence-corrected chi connectivity index (χ2v) is 6.65. The van der Waals surface area contributed by atoms with Crippen LogP contribution in [0.2, 0.25) is 0 Å². The molecule has 0 aromatic carbocycles. The lowest BCUT2D eigenvalue weighted by molar-refractivity contribution is 0.547. The summed E-state index contributed by atoms with van der Waals surface area (Å²) in [5.41, 5.74) is 0. The highest BCUT2D eigenvalue weighted by molar-refractivity contribution is 7.89. The summed E-state index contributed by atoms with van der Waals surface area (Å²) in [6.45, 7) is 3.91. The first-order chi connectivity index (χ1) is 7.48. The van der Waals surface area contributed by atoms with Crippen molar-refractivity contribution < 1.29 is 8.42 Å². The van der Waals surface area contributed by atoms with Crippen LogP contribution in [0.25, 0.3) is 0 Å². The van der Waals surface area contributed by atoms with Crippen molar-refractivity contribution in [2.24, 2.45) is 5.14 Å². The van der Waals surface area contributed by atoms with Crippen molar-refractivity contribution in [3.8, 4) is 0 Å². The molecule has 0 radical (unpaired) electrons. The first-order valence-electron chi connectivity index (χ1n) is 6.50. The lowest BCUT2D eigenvalue weighted by Crippen LogP contribution is -2.25. The Kier molecular flexibility index (Phi) is 8.94. The molecule has 0 bridgehead atoms. The van der Waals surface area contributed by atoms with Gasteiger partial charge in [0.1, 0.15) is 0 Å². The highest BCUT2D eigenvalue weighted by atomic mass is 32.2. The first-order valence-corrected chi connectivity index (χ1v) is 8.11. The van der Waals surface area contributed by atoms with Gasteiger partial charge in [-0.05, 0) is 13.3 Å². The molecule has 2 N–H and O–H groups in total. The Balaban J connectivity index is 3.28. The molecule has 0 saturated carbocycles. The summed E-state index contributed by atoms with van der Waals surface area (Å²) >= 11 is 0. The van der Waals surface area contributed by atoms with Crippen LogP contribution >= 0.6 is 0 Å². The van der Waals surface area contributed by atoms with Crippen molar-refractivity contribution in [1.82, 2.24) is 0 Å². The van der Waals surface area contributed by atoms with Crippen LogP contribution in [0.5, 0.6) is 0 Å². The molecule has 0 heterocycles. The van der Waals surface area contributed by atoms with Gasteiger partial charge in [-0.25, -0.2) is 13.6 Å². The normalized spacial score (nSPS) is 13.9. The smallest absolute Gasteiger partial charge is 0.211 e. The van der Waals surface area contributed by atoms with Crippen molar-refractivity contribution in [2.45, 2.75) is 76.9 Å². The molecule has 16 heavy (non-hydrogen) atoms. The van der Waals surface area contributed by atoms with E-state index >= 15 is 0 Å². The van der Waals surface area contributed by atoms with Gasteiger partial charge in [0, 0.05) is 0 Å². The molecule has 4 heteroatoms. The maximum absolute atomic E-state index is 10.9. The molecule has 0 fully saturated rings. The van der Waals surface area contributed by atoms with Crippen LogP contribution in [0.3, 0.4) is 0 Å². The molecule has 0 spiro atoms. The molecule has 0 amide bonds. The highest BCUT2D eigenvalue weighted by Crippen LogP contribution is 2.12. The van der Waals surface area contributed by atoms with Crippen molar-refractivity contribution in [3.05, 3.63) is 0 Å². The molecule has 0 aliphatic rings. The fourth-order valence-corrected chi connectivity index (χ4v) is 2.23. The Morgan fingerprint density at radius 2 is 1.38 bits per heavy atom. The monoisotopic (exact) mass is 249 g/mol. The van der Waals surface area contributed by atoms with E-state index in [0.29, 0.717) is 6.42 Å². The third-order valence-corrected chi connectivity index (χ3v) is 4.38. The minimum Gasteiger partial charge on any atom is -0.228 e. The zero-order valence-electron chi connectivity index (χ0n) is 10.7. The van der Waals surface area contributed by atoms with Crippen LogP contribution in [0, 0.1) is 0 Å². The van der Waals surface area contributed by atoms with Gasteiger partial charge in [0.25, 0.3) is 0 Å². The number of rotatable bonds is 10. The fraction of sp³-hybridized carbons (Fsp3) is 1.00. The maximum atomic E-state index is 10.9. The zero-order valence-corrected chi connectivity index (χ0v) is 11.6. The summed E-state index contributed by atoms with van der Waals surface area (Å²) in [7, 11) is -3.31. The van der Waals surface area contributed by atoms with Gasteiger partial charge in [-0.2, -0.15) is 0 Å². The molecule has 98 valence electrons. The van der Waals surface area contributed by atoms with Crippen LogP contribution in [0.1, 0.15) is 71.6 Å². The number of primary sulfonamides is 1. The Morgan fingerprint density at radius 3 is 1.81 bits per heavy atom. The summed E-state index contributed by atoms with van der Waals surface area (Å²) in [5, 5.41) is 4.67. The second kappa shape index (κ2) is 8.99. The van der Waals surface area contributed by atoms with Gasteiger partial charge in [-0.3, -0.25) is 0 Å². The SMILES string of the molecule is CCCCCCCCCCC(C)S(N)(=O)=O. The van der Waals surface area contributed by atoms with Gasteiger partial charge in [0.2, 0.25) is 10.0 Å². The highest BCUT2D eigenvalue weighted by Gasteiger charge is 2.14. The molecule has 1 atom stereocenters. The van der Waals surface area contributed by atoms with Gasteiger partial charge in [-0.1, -0.05) is 58.3 Å². The number of unbranched alkanes of at least 4 members (excludes halogenated alkanes) is 7. The largest absolute Gasteiger partial charge is 0.228 e. The number of sulfonamides is 1. The Hall–Kier alpha value is -0.0900. The first kappa shape index (κ1) is 15.9. The summed E-state index contributed by atoms with van der Waals surface area (Å²) in [5.74, 6) is 0. The van der Waals surface area contributed by atoms with Gasteiger partial charge in [-0.15, -0.1) is 0 Å². The van der Waals surface area contributed by atoms with E-state index < -0.39 is 10.0 Å². The fourth-order valence-electron chi connectivity index (χ4n) is 1.73. The van der Waals surface area contributed by atoms with Crippen LogP contribution in [0.15, 0.2) is 0 Å². The quantitative estimate of drug-likeness (QED) is 0.604. The molecular weight excluding hydrogens is 222 g/mol. The van der Waals surface area contributed by atoms with Crippen molar-refractivity contribution in [3.63, 3.8) is 0 Å². The number of hydrogen-bond donors (Lipinski definition) is 1. The number of nitrogens with two attached hydrogens (primary N) is 1. The second-order valence-electron chi connectivity index (χ2n) is 4.66. The average molecular weight is 249 g/mol. The van der Waals surface area contributed by atoms with Crippen LogP contribution in [0.4, 0.5) is 0 Å². The van der Waals surface area contributed by atoms with E-state index in [1.54, 1.807) is 6.92 Å². The maximum Gasteiger partial charge on any atom is 0.211 e. The summed E-state index contributed by atoms with van der Waals surface area (Å²) in [4.78, 5) is 0. The van der Waals surface area contributed by atoms with Gasteiger partial charge in [0.15, 0.2) is 0 Å². The van der Waals surface area contributed by atoms with Crippen molar-refractivity contribution >= 4 is 10.0 Å². The summed E-state index contributed by atoms with van der Waals surface area (Å²) in [6, 6.07) is 0. The lowest BCUT2D eigenvalue weighted by atomic mass is 10.1. The third-order valence-electron chi connectivity index (χ3n) is 3.03. The van der Waals surface area contributed by atoms with E-state index in [0.717, 1.165) is 12.8 Å². The van der Waals surface area contributed by atoms with Crippen LogP contribution in [-0.2, 0) is 10.0 Å². The predicted molar refractivity (Wildman–Crippen MR) is 69.8 cm³/mol. The Labute approximate surface area is 101 Å². The topological polar surface area (TPSA) is 60.2 Å². The molecule has 3 nitrogen and oxygen atoms in total. The minimum absolute atomic E-state index is 0.382. The van der Waals surface area contributed by atoms with Gasteiger partial charge < -0.3 is 0 Å². The third kappa shape index (κ3) is 9.16. The molecule has 0 aromatic rings. The lowest BCUT2D eigenvalue weighted by Gasteiger charge is -2.08. The van der Waals surface area contributed by atoms with Crippen molar-refractivity contribution in [2.75, 3.05) is 0 Å². The van der Waals surface area contributed by atoms with Crippen molar-refractivity contribution in [1.29, 1.82) is 0 Å². The molecule has 0 saturated heterocycles.